The van der Waals surface area contributed by atoms with Crippen molar-refractivity contribution in [3.8, 4) is 11.8 Å². The van der Waals surface area contributed by atoms with Gasteiger partial charge in [-0.1, -0.05) is 29.3 Å². The molecule has 1 amide bonds. The largest absolute Gasteiger partial charge is 0.479 e. The van der Waals surface area contributed by atoms with E-state index in [0.29, 0.717) is 11.4 Å². The highest BCUT2D eigenvalue weighted by atomic mass is 35.5. The highest BCUT2D eigenvalue weighted by molar-refractivity contribution is 6.35. The van der Waals surface area contributed by atoms with Crippen molar-refractivity contribution in [1.29, 1.82) is 5.26 Å². The maximum Gasteiger partial charge on any atom is 0.275 e. The molecule has 0 aliphatic carbocycles. The first-order valence-electron chi connectivity index (χ1n) is 5.83. The van der Waals surface area contributed by atoms with E-state index in [1.54, 1.807) is 24.3 Å². The number of hydrogen-bond donors (Lipinski definition) is 1. The number of carbonyl (C=O) groups excluding carboxylic acids is 1. The highest BCUT2D eigenvalue weighted by Gasteiger charge is 2.13. The number of halogens is 2. The van der Waals surface area contributed by atoms with Crippen molar-refractivity contribution in [2.45, 2.75) is 0 Å². The van der Waals surface area contributed by atoms with Gasteiger partial charge >= 0.3 is 0 Å². The highest BCUT2D eigenvalue weighted by Crippen LogP contribution is 2.21. The van der Waals surface area contributed by atoms with E-state index in [2.05, 4.69) is 10.3 Å². The summed E-state index contributed by atoms with van der Waals surface area (Å²) in [6, 6.07) is 11.5. The Hall–Kier alpha value is -2.29. The molecule has 106 valence electrons. The first-order valence-corrected chi connectivity index (χ1v) is 6.59. The van der Waals surface area contributed by atoms with Crippen LogP contribution < -0.4 is 10.1 Å². The summed E-state index contributed by atoms with van der Waals surface area (Å²) in [7, 11) is 0. The van der Waals surface area contributed by atoms with Crippen molar-refractivity contribution in [3.05, 3.63) is 52.3 Å². The van der Waals surface area contributed by atoms with Gasteiger partial charge in [-0.05, 0) is 24.3 Å². The maximum absolute atomic E-state index is 12.1. The van der Waals surface area contributed by atoms with Crippen LogP contribution in [0.3, 0.4) is 0 Å². The molecule has 0 aliphatic rings. The summed E-state index contributed by atoms with van der Waals surface area (Å²) in [6.07, 6.45) is 0. The Kier molecular flexibility index (Phi) is 4.99. The summed E-state index contributed by atoms with van der Waals surface area (Å²) in [5, 5.41) is 11.5. The Bertz CT molecular complexity index is 714. The van der Waals surface area contributed by atoms with E-state index in [4.69, 9.17) is 33.2 Å². The molecule has 2 rings (SSSR count). The van der Waals surface area contributed by atoms with Gasteiger partial charge in [0.2, 0.25) is 0 Å². The van der Waals surface area contributed by atoms with E-state index >= 15 is 0 Å². The van der Waals surface area contributed by atoms with Gasteiger partial charge in [0.15, 0.2) is 6.61 Å². The minimum absolute atomic E-state index is 0.0347. The Labute approximate surface area is 131 Å². The average Bonchev–Trinajstić information content (AvgIpc) is 2.48. The van der Waals surface area contributed by atoms with E-state index in [9.17, 15) is 4.79 Å². The van der Waals surface area contributed by atoms with E-state index in [-0.39, 0.29) is 22.5 Å². The zero-order valence-electron chi connectivity index (χ0n) is 10.6. The Balaban J connectivity index is 2.16. The molecular formula is C14H9Cl2N3O2. The van der Waals surface area contributed by atoms with Crippen molar-refractivity contribution in [2.75, 3.05) is 11.9 Å². The monoisotopic (exact) mass is 321 g/mol. The number of nitrogens with zero attached hydrogens (tertiary/aromatic N) is 2. The van der Waals surface area contributed by atoms with Gasteiger partial charge in [-0.2, -0.15) is 5.26 Å². The fourth-order valence-electron chi connectivity index (χ4n) is 1.55. The zero-order valence-corrected chi connectivity index (χ0v) is 12.1. The summed E-state index contributed by atoms with van der Waals surface area (Å²) >= 11 is 11.7. The Morgan fingerprint density at radius 2 is 2.14 bits per heavy atom. The van der Waals surface area contributed by atoms with Gasteiger partial charge in [0.05, 0.1) is 5.02 Å². The van der Waals surface area contributed by atoms with E-state index in [1.807, 2.05) is 6.07 Å². The molecule has 21 heavy (non-hydrogen) atoms. The molecule has 7 heteroatoms. The summed E-state index contributed by atoms with van der Waals surface area (Å²) < 4.78 is 5.15. The van der Waals surface area contributed by atoms with E-state index in [0.717, 1.165) is 0 Å². The van der Waals surface area contributed by atoms with Crippen LogP contribution >= 0.6 is 23.2 Å². The van der Waals surface area contributed by atoms with Crippen LogP contribution in [0.2, 0.25) is 10.2 Å². The summed E-state index contributed by atoms with van der Waals surface area (Å²) in [5.74, 6) is -0.0144. The third-order valence-electron chi connectivity index (χ3n) is 2.42. The van der Waals surface area contributed by atoms with E-state index < -0.39 is 5.91 Å². The molecule has 1 N–H and O–H groups in total. The van der Waals surface area contributed by atoms with Crippen LogP contribution in [-0.2, 0) is 0 Å². The molecule has 5 nitrogen and oxygen atoms in total. The Morgan fingerprint density at radius 1 is 1.33 bits per heavy atom. The average molecular weight is 322 g/mol. The third kappa shape index (κ3) is 4.09. The number of benzene rings is 1. The lowest BCUT2D eigenvalue weighted by Crippen LogP contribution is -2.14. The number of nitriles is 1. The number of hydrogen-bond acceptors (Lipinski definition) is 4. The van der Waals surface area contributed by atoms with Crippen molar-refractivity contribution in [2.24, 2.45) is 0 Å². The lowest BCUT2D eigenvalue weighted by Gasteiger charge is -2.08. The van der Waals surface area contributed by atoms with Crippen LogP contribution in [0.5, 0.6) is 5.75 Å². The lowest BCUT2D eigenvalue weighted by molar-refractivity contribution is 0.102. The van der Waals surface area contributed by atoms with Crippen molar-refractivity contribution in [3.63, 3.8) is 0 Å². The number of rotatable bonds is 4. The second kappa shape index (κ2) is 6.93. The number of ether oxygens (including phenoxy) is 1. The number of amides is 1. The molecule has 0 fully saturated rings. The molecule has 1 aromatic carbocycles. The molecule has 0 bridgehead atoms. The SMILES string of the molecule is N#CCOc1cccc(NC(=O)c2nc(Cl)ccc2Cl)c1. The van der Waals surface area contributed by atoms with E-state index in [1.165, 1.54) is 12.1 Å². The third-order valence-corrected chi connectivity index (χ3v) is 2.94. The predicted octanol–water partition coefficient (Wildman–Crippen LogP) is 3.54. The van der Waals surface area contributed by atoms with Gasteiger partial charge in [-0.25, -0.2) is 4.98 Å². The molecule has 0 unspecified atom stereocenters. The molecule has 2 aromatic rings. The number of pyridine rings is 1. The summed E-state index contributed by atoms with van der Waals surface area (Å²) in [6.45, 7) is -0.0704. The first-order chi connectivity index (χ1) is 10.1. The topological polar surface area (TPSA) is 75.0 Å². The molecule has 1 aromatic heterocycles. The van der Waals surface area contributed by atoms with Gasteiger partial charge in [0.1, 0.15) is 22.7 Å². The first kappa shape index (κ1) is 15.1. The van der Waals surface area contributed by atoms with Gasteiger partial charge in [-0.3, -0.25) is 4.79 Å². The van der Waals surface area contributed by atoms with Crippen molar-refractivity contribution in [1.82, 2.24) is 4.98 Å². The summed E-state index contributed by atoms with van der Waals surface area (Å²) in [5.41, 5.74) is 0.529. The number of carbonyl (C=O) groups is 1. The fourth-order valence-corrected chi connectivity index (χ4v) is 1.89. The molecule has 0 saturated carbocycles. The normalized spacial score (nSPS) is 9.76. The zero-order chi connectivity index (χ0) is 15.2. The maximum atomic E-state index is 12.1. The predicted molar refractivity (Wildman–Crippen MR) is 79.8 cm³/mol. The van der Waals surface area contributed by atoms with Crippen LogP contribution in [-0.4, -0.2) is 17.5 Å². The van der Waals surface area contributed by atoms with Crippen molar-refractivity contribution < 1.29 is 9.53 Å². The van der Waals surface area contributed by atoms with Crippen LogP contribution in [0.15, 0.2) is 36.4 Å². The van der Waals surface area contributed by atoms with Gasteiger partial charge in [0.25, 0.3) is 5.91 Å². The smallest absolute Gasteiger partial charge is 0.275 e. The van der Waals surface area contributed by atoms with Crippen LogP contribution in [0.4, 0.5) is 5.69 Å². The molecule has 0 aliphatic heterocycles. The molecule has 0 atom stereocenters. The van der Waals surface area contributed by atoms with Gasteiger partial charge < -0.3 is 10.1 Å². The molecule has 0 saturated heterocycles. The fraction of sp³-hybridized carbons (Fsp3) is 0.0714. The summed E-state index contributed by atoms with van der Waals surface area (Å²) in [4.78, 5) is 16.0. The van der Waals surface area contributed by atoms with Crippen LogP contribution in [0, 0.1) is 11.3 Å². The standard InChI is InChI=1S/C14H9Cl2N3O2/c15-11-4-5-12(16)19-13(11)14(20)18-9-2-1-3-10(8-9)21-7-6-17/h1-5,8H,7H2,(H,18,20). The molecule has 0 spiro atoms. The lowest BCUT2D eigenvalue weighted by atomic mass is 10.2. The number of nitrogens with one attached hydrogen (secondary N) is 1. The number of anilines is 1. The quantitative estimate of drug-likeness (QED) is 0.874. The van der Waals surface area contributed by atoms with Gasteiger partial charge in [-0.15, -0.1) is 0 Å². The minimum atomic E-state index is -0.486. The van der Waals surface area contributed by atoms with Crippen molar-refractivity contribution >= 4 is 34.8 Å². The second-order valence-corrected chi connectivity index (χ2v) is 4.69. The van der Waals surface area contributed by atoms with Crippen LogP contribution in [0.1, 0.15) is 10.5 Å². The van der Waals surface area contributed by atoms with Crippen LogP contribution in [0.25, 0.3) is 0 Å². The molecular weight excluding hydrogens is 313 g/mol. The molecule has 1 heterocycles. The molecule has 0 radical (unpaired) electrons. The Morgan fingerprint density at radius 3 is 2.90 bits per heavy atom. The van der Waals surface area contributed by atoms with Gasteiger partial charge in [0, 0.05) is 11.8 Å². The number of aromatic nitrogens is 1. The minimum Gasteiger partial charge on any atom is -0.479 e. The second-order valence-electron chi connectivity index (χ2n) is 3.89.